The molecule has 0 N–H and O–H groups in total. The largest absolute Gasteiger partial charge is 0.0558 e. The number of aryl methyl sites for hydroxylation is 4. The van der Waals surface area contributed by atoms with E-state index in [2.05, 4.69) is 67.5 Å². The molecule has 0 nitrogen and oxygen atoms in total. The lowest BCUT2D eigenvalue weighted by Crippen LogP contribution is -2.01. The van der Waals surface area contributed by atoms with Gasteiger partial charge in [-0.3, -0.25) is 0 Å². The molecular weight excluding hydrogens is 240 g/mol. The maximum absolute atomic E-state index is 2.33. The Kier molecular flexibility index (Phi) is 3.77. The van der Waals surface area contributed by atoms with Crippen LogP contribution in [0.1, 0.15) is 44.5 Å². The van der Waals surface area contributed by atoms with Gasteiger partial charge in [0.2, 0.25) is 0 Å². The average Bonchev–Trinajstić information content (AvgIpc) is 2.38. The minimum Gasteiger partial charge on any atom is -0.0558 e. The van der Waals surface area contributed by atoms with E-state index in [0.717, 1.165) is 0 Å². The van der Waals surface area contributed by atoms with E-state index in [4.69, 9.17) is 0 Å². The van der Waals surface area contributed by atoms with Gasteiger partial charge in [0.1, 0.15) is 0 Å². The number of rotatable bonds is 1. The van der Waals surface area contributed by atoms with Gasteiger partial charge in [0, 0.05) is 0 Å². The highest BCUT2D eigenvalue weighted by Crippen LogP contribution is 2.37. The van der Waals surface area contributed by atoms with E-state index in [0.29, 0.717) is 0 Å². The maximum atomic E-state index is 2.33. The van der Waals surface area contributed by atoms with Crippen molar-refractivity contribution in [3.63, 3.8) is 0 Å². The Morgan fingerprint density at radius 3 is 1.30 bits per heavy atom. The second-order valence-electron chi connectivity index (χ2n) is 6.27. The van der Waals surface area contributed by atoms with Crippen molar-refractivity contribution in [2.75, 3.05) is 0 Å². The van der Waals surface area contributed by atoms with Crippen molar-refractivity contribution in [1.29, 1.82) is 0 Å². The molecule has 0 aliphatic heterocycles. The first kappa shape index (κ1) is 14.8. The van der Waals surface area contributed by atoms with Crippen LogP contribution in [0.2, 0.25) is 0 Å². The minimum absolute atomic E-state index is 1.39. The molecule has 106 valence electrons. The standard InChI is InChI=1S/C20H26/c1-11-10-14(4)19(18(8)15(11)5)20-16(6)12(2)9-13(3)17(20)7/h9-10H,1-8H3. The van der Waals surface area contributed by atoms with Crippen LogP contribution in [0.4, 0.5) is 0 Å². The Bertz CT molecular complexity index is 662. The Balaban J connectivity index is 2.93. The van der Waals surface area contributed by atoms with Crippen molar-refractivity contribution in [3.05, 3.63) is 56.6 Å². The lowest BCUT2D eigenvalue weighted by Gasteiger charge is -2.21. The Morgan fingerprint density at radius 2 is 0.800 bits per heavy atom. The topological polar surface area (TPSA) is 0 Å². The monoisotopic (exact) mass is 266 g/mol. The van der Waals surface area contributed by atoms with E-state index in [1.165, 1.54) is 55.6 Å². The zero-order chi connectivity index (χ0) is 15.2. The normalized spacial score (nSPS) is 11.0. The molecule has 0 atom stereocenters. The smallest absolute Gasteiger partial charge is 0.0115 e. The minimum atomic E-state index is 1.39. The predicted molar refractivity (Wildman–Crippen MR) is 89.8 cm³/mol. The summed E-state index contributed by atoms with van der Waals surface area (Å²) in [6.07, 6.45) is 0. The van der Waals surface area contributed by atoms with Gasteiger partial charge < -0.3 is 0 Å². The third-order valence-electron chi connectivity index (χ3n) is 4.97. The van der Waals surface area contributed by atoms with E-state index < -0.39 is 0 Å². The molecule has 0 saturated carbocycles. The molecule has 0 aliphatic rings. The fourth-order valence-electron chi connectivity index (χ4n) is 3.26. The zero-order valence-electron chi connectivity index (χ0n) is 14.2. The van der Waals surface area contributed by atoms with Gasteiger partial charge in [-0.1, -0.05) is 12.1 Å². The van der Waals surface area contributed by atoms with Crippen LogP contribution in [-0.4, -0.2) is 0 Å². The predicted octanol–water partition coefficient (Wildman–Crippen LogP) is 5.82. The number of hydrogen-bond donors (Lipinski definition) is 0. The van der Waals surface area contributed by atoms with Crippen molar-refractivity contribution in [3.8, 4) is 11.1 Å². The van der Waals surface area contributed by atoms with Gasteiger partial charge in [-0.2, -0.15) is 0 Å². The first-order valence-electron chi connectivity index (χ1n) is 7.40. The summed E-state index contributed by atoms with van der Waals surface area (Å²) in [6.45, 7) is 17.9. The summed E-state index contributed by atoms with van der Waals surface area (Å²) < 4.78 is 0. The average molecular weight is 266 g/mol. The molecule has 2 rings (SSSR count). The van der Waals surface area contributed by atoms with Crippen molar-refractivity contribution < 1.29 is 0 Å². The SMILES string of the molecule is Cc1cc(C)c(-c2c(C)c(C)cc(C)c2C)c(C)c1C. The summed E-state index contributed by atoms with van der Waals surface area (Å²) in [7, 11) is 0. The van der Waals surface area contributed by atoms with E-state index in [1.807, 2.05) is 0 Å². The first-order valence-corrected chi connectivity index (χ1v) is 7.40. The molecule has 0 bridgehead atoms. The molecule has 0 aliphatic carbocycles. The van der Waals surface area contributed by atoms with Crippen molar-refractivity contribution in [2.24, 2.45) is 0 Å². The van der Waals surface area contributed by atoms with Gasteiger partial charge in [0.15, 0.2) is 0 Å². The Hall–Kier alpha value is -1.56. The second-order valence-corrected chi connectivity index (χ2v) is 6.27. The number of hydrogen-bond acceptors (Lipinski definition) is 0. The summed E-state index contributed by atoms with van der Waals surface area (Å²) in [6, 6.07) is 4.63. The molecule has 0 aromatic heterocycles. The zero-order valence-corrected chi connectivity index (χ0v) is 14.2. The highest BCUT2D eigenvalue weighted by molar-refractivity contribution is 5.79. The lowest BCUT2D eigenvalue weighted by molar-refractivity contribution is 1.20. The van der Waals surface area contributed by atoms with Crippen LogP contribution in [0.25, 0.3) is 11.1 Å². The van der Waals surface area contributed by atoms with Crippen LogP contribution in [0, 0.1) is 55.4 Å². The molecule has 2 aromatic carbocycles. The third kappa shape index (κ3) is 2.18. The molecule has 20 heavy (non-hydrogen) atoms. The summed E-state index contributed by atoms with van der Waals surface area (Å²) in [5.74, 6) is 0. The molecule has 0 fully saturated rings. The maximum Gasteiger partial charge on any atom is -0.0115 e. The van der Waals surface area contributed by atoms with Crippen LogP contribution >= 0.6 is 0 Å². The van der Waals surface area contributed by atoms with Crippen LogP contribution in [-0.2, 0) is 0 Å². The second kappa shape index (κ2) is 5.09. The third-order valence-corrected chi connectivity index (χ3v) is 4.97. The Morgan fingerprint density at radius 1 is 0.400 bits per heavy atom. The van der Waals surface area contributed by atoms with Crippen molar-refractivity contribution in [2.45, 2.75) is 55.4 Å². The van der Waals surface area contributed by atoms with Gasteiger partial charge in [-0.15, -0.1) is 0 Å². The lowest BCUT2D eigenvalue weighted by atomic mass is 9.83. The quantitative estimate of drug-likeness (QED) is 0.610. The van der Waals surface area contributed by atoms with E-state index in [9.17, 15) is 0 Å². The summed E-state index contributed by atoms with van der Waals surface area (Å²) in [5.41, 5.74) is 14.1. The molecule has 0 amide bonds. The van der Waals surface area contributed by atoms with Crippen molar-refractivity contribution >= 4 is 0 Å². The molecule has 0 heteroatoms. The Labute approximate surface area is 123 Å². The fourth-order valence-corrected chi connectivity index (χ4v) is 3.26. The summed E-state index contributed by atoms with van der Waals surface area (Å²) in [5, 5.41) is 0. The van der Waals surface area contributed by atoms with Gasteiger partial charge in [-0.25, -0.2) is 0 Å². The summed E-state index contributed by atoms with van der Waals surface area (Å²) >= 11 is 0. The van der Waals surface area contributed by atoms with Crippen LogP contribution in [0.3, 0.4) is 0 Å². The van der Waals surface area contributed by atoms with E-state index in [1.54, 1.807) is 0 Å². The van der Waals surface area contributed by atoms with Gasteiger partial charge in [0.05, 0.1) is 0 Å². The molecule has 0 heterocycles. The van der Waals surface area contributed by atoms with Crippen LogP contribution in [0.5, 0.6) is 0 Å². The molecule has 0 spiro atoms. The fraction of sp³-hybridized carbons (Fsp3) is 0.400. The van der Waals surface area contributed by atoms with Gasteiger partial charge in [0.25, 0.3) is 0 Å². The molecule has 0 saturated heterocycles. The van der Waals surface area contributed by atoms with Crippen molar-refractivity contribution in [1.82, 2.24) is 0 Å². The van der Waals surface area contributed by atoms with E-state index in [-0.39, 0.29) is 0 Å². The van der Waals surface area contributed by atoms with Gasteiger partial charge >= 0.3 is 0 Å². The van der Waals surface area contributed by atoms with Crippen LogP contribution < -0.4 is 0 Å². The number of benzene rings is 2. The van der Waals surface area contributed by atoms with Gasteiger partial charge in [-0.05, 0) is 111 Å². The molecule has 0 unspecified atom stereocenters. The highest BCUT2D eigenvalue weighted by Gasteiger charge is 2.16. The highest BCUT2D eigenvalue weighted by atomic mass is 14.2. The van der Waals surface area contributed by atoms with E-state index >= 15 is 0 Å². The summed E-state index contributed by atoms with van der Waals surface area (Å²) in [4.78, 5) is 0. The molecular formula is C20H26. The molecule has 2 aromatic rings. The first-order chi connectivity index (χ1) is 9.25. The van der Waals surface area contributed by atoms with Crippen LogP contribution in [0.15, 0.2) is 12.1 Å². The molecule has 0 radical (unpaired) electrons.